The summed E-state index contributed by atoms with van der Waals surface area (Å²) in [5.74, 6) is 0.791. The van der Waals surface area contributed by atoms with Gasteiger partial charge in [0.05, 0.1) is 16.8 Å². The van der Waals surface area contributed by atoms with E-state index in [4.69, 9.17) is 4.98 Å². The predicted octanol–water partition coefficient (Wildman–Crippen LogP) is 5.73. The molecule has 3 fully saturated rings. The standard InChI is InChI=1S/C36H47N5O2/c1-27(28-12-4-2-5-13-28)37-36(43)34-30-16-8-9-17-32(30)38-35(29-14-6-3-7-15-29)31(34)26-40-22-24-41(25-23-40)33(42)18-21-39-19-10-11-20-39/h3,6-9,14-17,27-28H,2,4-5,10-13,18-26H2,1H3,(H,37,43)/t27-/m0/s1. The number of carbonyl (C=O) groups is 2. The van der Waals surface area contributed by atoms with E-state index in [1.807, 2.05) is 47.4 Å². The fourth-order valence-electron chi connectivity index (χ4n) is 7.33. The molecule has 1 N–H and O–H groups in total. The number of nitrogens with one attached hydrogen (secondary N) is 1. The highest BCUT2D eigenvalue weighted by molar-refractivity contribution is 6.09. The number of aromatic nitrogens is 1. The largest absolute Gasteiger partial charge is 0.349 e. The highest BCUT2D eigenvalue weighted by Gasteiger charge is 2.29. The van der Waals surface area contributed by atoms with Crippen LogP contribution in [0.15, 0.2) is 54.6 Å². The molecule has 228 valence electrons. The number of pyridine rings is 1. The minimum absolute atomic E-state index is 0.000388. The van der Waals surface area contributed by atoms with Crippen LogP contribution in [0.5, 0.6) is 0 Å². The Hall–Kier alpha value is -3.29. The van der Waals surface area contributed by atoms with Crippen molar-refractivity contribution in [3.05, 3.63) is 65.7 Å². The number of nitrogens with zero attached hydrogens (tertiary/aromatic N) is 4. The lowest BCUT2D eigenvalue weighted by Gasteiger charge is -2.36. The molecule has 2 aromatic carbocycles. The summed E-state index contributed by atoms with van der Waals surface area (Å²) in [5, 5.41) is 4.34. The van der Waals surface area contributed by atoms with Crippen LogP contribution in [0.25, 0.3) is 22.2 Å². The molecule has 3 aliphatic rings. The van der Waals surface area contributed by atoms with E-state index in [2.05, 4.69) is 34.2 Å². The van der Waals surface area contributed by atoms with Gasteiger partial charge >= 0.3 is 0 Å². The minimum Gasteiger partial charge on any atom is -0.349 e. The monoisotopic (exact) mass is 581 g/mol. The SMILES string of the molecule is C[C@H](NC(=O)c1c(CN2CCN(C(=O)CCN3CCCC3)CC2)c(-c2ccccc2)nc2ccccc12)C1CCCCC1. The van der Waals surface area contributed by atoms with Crippen LogP contribution in [0.3, 0.4) is 0 Å². The van der Waals surface area contributed by atoms with Gasteiger partial charge in [0.1, 0.15) is 0 Å². The van der Waals surface area contributed by atoms with Crippen LogP contribution < -0.4 is 5.32 Å². The molecule has 0 spiro atoms. The van der Waals surface area contributed by atoms with Gasteiger partial charge in [-0.05, 0) is 57.7 Å². The summed E-state index contributed by atoms with van der Waals surface area (Å²) in [6, 6.07) is 18.4. The Morgan fingerprint density at radius 2 is 1.53 bits per heavy atom. The number of likely N-dealkylation sites (tertiary alicyclic amines) is 1. The number of para-hydroxylation sites is 1. The number of piperazine rings is 1. The zero-order chi connectivity index (χ0) is 29.6. The van der Waals surface area contributed by atoms with Crippen molar-refractivity contribution in [2.24, 2.45) is 5.92 Å². The van der Waals surface area contributed by atoms with Crippen molar-refractivity contribution in [1.29, 1.82) is 0 Å². The summed E-state index contributed by atoms with van der Waals surface area (Å²) in [7, 11) is 0. The number of fused-ring (bicyclic) bond motifs is 1. The van der Waals surface area contributed by atoms with E-state index < -0.39 is 0 Å². The van der Waals surface area contributed by atoms with Gasteiger partial charge in [-0.3, -0.25) is 14.5 Å². The van der Waals surface area contributed by atoms with Crippen molar-refractivity contribution >= 4 is 22.7 Å². The van der Waals surface area contributed by atoms with Gasteiger partial charge in [0, 0.05) is 68.2 Å². The third-order valence-corrected chi connectivity index (χ3v) is 9.93. The first-order valence-electron chi connectivity index (χ1n) is 16.6. The quantitative estimate of drug-likeness (QED) is 0.350. The number of carbonyl (C=O) groups excluding carboxylic acids is 2. The first kappa shape index (κ1) is 29.8. The zero-order valence-electron chi connectivity index (χ0n) is 25.8. The second-order valence-corrected chi connectivity index (χ2v) is 12.8. The first-order valence-corrected chi connectivity index (χ1v) is 16.6. The highest BCUT2D eigenvalue weighted by Crippen LogP contribution is 2.33. The molecule has 6 rings (SSSR count). The van der Waals surface area contributed by atoms with E-state index in [-0.39, 0.29) is 17.9 Å². The summed E-state index contributed by atoms with van der Waals surface area (Å²) in [5.41, 5.74) is 4.46. The van der Waals surface area contributed by atoms with Crippen LogP contribution in [-0.2, 0) is 11.3 Å². The normalized spacial score (nSPS) is 19.5. The molecule has 1 aliphatic carbocycles. The first-order chi connectivity index (χ1) is 21.1. The van der Waals surface area contributed by atoms with Gasteiger partial charge in [-0.1, -0.05) is 67.8 Å². The van der Waals surface area contributed by atoms with Crippen molar-refractivity contribution in [3.8, 4) is 11.3 Å². The summed E-state index contributed by atoms with van der Waals surface area (Å²) in [6.45, 7) is 8.95. The van der Waals surface area contributed by atoms with Crippen molar-refractivity contribution in [1.82, 2.24) is 25.0 Å². The zero-order valence-corrected chi connectivity index (χ0v) is 25.8. The molecule has 2 saturated heterocycles. The molecular formula is C36H47N5O2. The number of benzene rings is 2. The predicted molar refractivity (Wildman–Crippen MR) is 173 cm³/mol. The summed E-state index contributed by atoms with van der Waals surface area (Å²) >= 11 is 0. The third-order valence-electron chi connectivity index (χ3n) is 9.93. The molecule has 1 atom stereocenters. The maximum Gasteiger partial charge on any atom is 0.252 e. The number of hydrogen-bond acceptors (Lipinski definition) is 5. The van der Waals surface area contributed by atoms with E-state index in [1.54, 1.807) is 0 Å². The molecule has 1 aromatic heterocycles. The van der Waals surface area contributed by atoms with Gasteiger partial charge in [0.25, 0.3) is 5.91 Å². The van der Waals surface area contributed by atoms with Gasteiger partial charge in [-0.25, -0.2) is 4.98 Å². The fourth-order valence-corrected chi connectivity index (χ4v) is 7.33. The Labute approximate surface area is 256 Å². The Bertz CT molecular complexity index is 1390. The van der Waals surface area contributed by atoms with Gasteiger partial charge in [0.2, 0.25) is 5.91 Å². The Kier molecular flexibility index (Phi) is 9.69. The van der Waals surface area contributed by atoms with E-state index in [0.29, 0.717) is 18.9 Å². The van der Waals surface area contributed by atoms with Crippen LogP contribution >= 0.6 is 0 Å². The van der Waals surface area contributed by atoms with Gasteiger partial charge in [-0.15, -0.1) is 0 Å². The topological polar surface area (TPSA) is 68.8 Å². The summed E-state index contributed by atoms with van der Waals surface area (Å²) < 4.78 is 0. The molecule has 2 amide bonds. The van der Waals surface area contributed by atoms with Crippen LogP contribution in [-0.4, -0.2) is 83.4 Å². The van der Waals surface area contributed by atoms with Gasteiger partial charge < -0.3 is 15.1 Å². The maximum absolute atomic E-state index is 14.3. The number of hydrogen-bond donors (Lipinski definition) is 1. The van der Waals surface area contributed by atoms with Crippen molar-refractivity contribution < 1.29 is 9.59 Å². The van der Waals surface area contributed by atoms with E-state index in [0.717, 1.165) is 79.1 Å². The Morgan fingerprint density at radius 1 is 0.837 bits per heavy atom. The van der Waals surface area contributed by atoms with E-state index in [1.165, 1.54) is 44.9 Å². The molecule has 0 unspecified atom stereocenters. The lowest BCUT2D eigenvalue weighted by Crippen LogP contribution is -2.49. The summed E-state index contributed by atoms with van der Waals surface area (Å²) in [6.07, 6.45) is 9.27. The summed E-state index contributed by atoms with van der Waals surface area (Å²) in [4.78, 5) is 39.3. The molecule has 2 aliphatic heterocycles. The average Bonchev–Trinajstić information content (AvgIpc) is 3.58. The lowest BCUT2D eigenvalue weighted by atomic mass is 9.84. The molecular weight excluding hydrogens is 534 g/mol. The maximum atomic E-state index is 14.3. The van der Waals surface area contributed by atoms with Crippen LogP contribution in [0.1, 0.15) is 74.2 Å². The second-order valence-electron chi connectivity index (χ2n) is 12.8. The number of rotatable bonds is 9. The highest BCUT2D eigenvalue weighted by atomic mass is 16.2. The average molecular weight is 582 g/mol. The van der Waals surface area contributed by atoms with Crippen LogP contribution in [0, 0.1) is 5.92 Å². The Balaban J connectivity index is 1.25. The van der Waals surface area contributed by atoms with E-state index in [9.17, 15) is 9.59 Å². The molecule has 7 nitrogen and oxygen atoms in total. The van der Waals surface area contributed by atoms with Gasteiger partial charge in [0.15, 0.2) is 0 Å². The van der Waals surface area contributed by atoms with Crippen LogP contribution in [0.2, 0.25) is 0 Å². The van der Waals surface area contributed by atoms with Crippen molar-refractivity contribution in [2.45, 2.75) is 70.9 Å². The third kappa shape index (κ3) is 7.10. The molecule has 43 heavy (non-hydrogen) atoms. The molecule has 0 radical (unpaired) electrons. The molecule has 3 aromatic rings. The minimum atomic E-state index is -0.000388. The number of amides is 2. The molecule has 0 bridgehead atoms. The Morgan fingerprint density at radius 3 is 2.28 bits per heavy atom. The van der Waals surface area contributed by atoms with Crippen molar-refractivity contribution in [3.63, 3.8) is 0 Å². The molecule has 7 heteroatoms. The fraction of sp³-hybridized carbons (Fsp3) is 0.528. The van der Waals surface area contributed by atoms with Crippen molar-refractivity contribution in [2.75, 3.05) is 45.8 Å². The smallest absolute Gasteiger partial charge is 0.252 e. The van der Waals surface area contributed by atoms with E-state index >= 15 is 0 Å². The second kappa shape index (κ2) is 14.0. The lowest BCUT2D eigenvalue weighted by molar-refractivity contribution is -0.133. The van der Waals surface area contributed by atoms with Gasteiger partial charge in [-0.2, -0.15) is 0 Å². The van der Waals surface area contributed by atoms with Crippen LogP contribution in [0.4, 0.5) is 0 Å². The molecule has 3 heterocycles. The molecule has 1 saturated carbocycles.